The Morgan fingerprint density at radius 3 is 1.90 bits per heavy atom. The average Bonchev–Trinajstić information content (AvgIpc) is 3.57. The molecule has 6 rings (SSSR count). The van der Waals surface area contributed by atoms with E-state index in [-0.39, 0.29) is 11.7 Å². The highest BCUT2D eigenvalue weighted by Crippen LogP contribution is 2.42. The first-order valence-corrected chi connectivity index (χ1v) is 13.5. The number of nitro benzene ring substituents is 1. The van der Waals surface area contributed by atoms with Crippen molar-refractivity contribution in [1.29, 1.82) is 0 Å². The average molecular weight is 544 g/mol. The van der Waals surface area contributed by atoms with E-state index in [0.29, 0.717) is 25.3 Å². The fourth-order valence-electron chi connectivity index (χ4n) is 5.82. The largest absolute Gasteiger partial charge is 0.324 e. The molecule has 8 heteroatoms. The molecule has 0 radical (unpaired) electrons. The lowest BCUT2D eigenvalue weighted by atomic mass is 9.76. The second kappa shape index (κ2) is 10.7. The van der Waals surface area contributed by atoms with Crippen LogP contribution in [-0.2, 0) is 12.1 Å². The zero-order chi connectivity index (χ0) is 28.4. The number of nitrogens with zero attached hydrogens (tertiary/aromatic N) is 5. The van der Waals surface area contributed by atoms with Crippen molar-refractivity contribution >= 4 is 17.4 Å². The van der Waals surface area contributed by atoms with E-state index in [9.17, 15) is 14.9 Å². The van der Waals surface area contributed by atoms with E-state index in [4.69, 9.17) is 4.98 Å². The van der Waals surface area contributed by atoms with Crippen LogP contribution in [0.1, 0.15) is 28.1 Å². The van der Waals surface area contributed by atoms with Crippen molar-refractivity contribution in [2.24, 2.45) is 0 Å². The Balaban J connectivity index is 1.40. The van der Waals surface area contributed by atoms with Crippen molar-refractivity contribution in [1.82, 2.24) is 14.5 Å². The molecule has 2 heterocycles. The summed E-state index contributed by atoms with van der Waals surface area (Å²) in [5, 5.41) is 11.3. The predicted octanol–water partition coefficient (Wildman–Crippen LogP) is 6.38. The van der Waals surface area contributed by atoms with E-state index < -0.39 is 10.5 Å². The molecule has 41 heavy (non-hydrogen) atoms. The predicted molar refractivity (Wildman–Crippen MR) is 158 cm³/mol. The third kappa shape index (κ3) is 4.53. The lowest BCUT2D eigenvalue weighted by Crippen LogP contribution is -2.38. The fraction of sp³-hybridized carbons (Fsp3) is 0.152. The van der Waals surface area contributed by atoms with Gasteiger partial charge in [-0.05, 0) is 29.7 Å². The van der Waals surface area contributed by atoms with Gasteiger partial charge in [0.15, 0.2) is 0 Å². The summed E-state index contributed by atoms with van der Waals surface area (Å²) in [5.74, 6) is 0. The van der Waals surface area contributed by atoms with Crippen molar-refractivity contribution in [3.63, 3.8) is 0 Å². The van der Waals surface area contributed by atoms with Gasteiger partial charge in [-0.25, -0.2) is 9.78 Å². The Kier molecular flexibility index (Phi) is 6.81. The SMILES string of the molecule is Cc1c(CN2CCN(c3cccc([N+](=O)[O-])c3)C2=O)ncn1C(c1ccccc1)(c1ccccc1)c1ccccc1. The Labute approximate surface area is 238 Å². The van der Waals surface area contributed by atoms with Gasteiger partial charge in [0.05, 0.1) is 29.2 Å². The number of nitro groups is 1. The Morgan fingerprint density at radius 1 is 0.805 bits per heavy atom. The Hall–Kier alpha value is -5.24. The number of rotatable bonds is 8. The summed E-state index contributed by atoms with van der Waals surface area (Å²) in [6.45, 7) is 3.32. The van der Waals surface area contributed by atoms with E-state index in [1.54, 1.807) is 21.9 Å². The van der Waals surface area contributed by atoms with Gasteiger partial charge < -0.3 is 9.47 Å². The lowest BCUT2D eigenvalue weighted by Gasteiger charge is -2.38. The summed E-state index contributed by atoms with van der Waals surface area (Å²) >= 11 is 0. The molecule has 1 saturated heterocycles. The zero-order valence-corrected chi connectivity index (χ0v) is 22.6. The van der Waals surface area contributed by atoms with Gasteiger partial charge in [0.1, 0.15) is 5.54 Å². The summed E-state index contributed by atoms with van der Waals surface area (Å²) in [4.78, 5) is 32.4. The van der Waals surface area contributed by atoms with Crippen LogP contribution in [0.5, 0.6) is 0 Å². The molecule has 204 valence electrons. The lowest BCUT2D eigenvalue weighted by molar-refractivity contribution is -0.384. The fourth-order valence-corrected chi connectivity index (χ4v) is 5.82. The number of amides is 2. The molecule has 2 amide bonds. The highest BCUT2D eigenvalue weighted by atomic mass is 16.6. The molecular weight excluding hydrogens is 514 g/mol. The quantitative estimate of drug-likeness (QED) is 0.129. The molecule has 1 aromatic heterocycles. The molecule has 0 spiro atoms. The molecule has 0 unspecified atom stereocenters. The molecule has 0 N–H and O–H groups in total. The maximum absolute atomic E-state index is 13.4. The van der Waals surface area contributed by atoms with Crippen LogP contribution in [0, 0.1) is 17.0 Å². The van der Waals surface area contributed by atoms with Gasteiger partial charge in [-0.15, -0.1) is 0 Å². The van der Waals surface area contributed by atoms with E-state index in [1.807, 2.05) is 31.5 Å². The second-order valence-electron chi connectivity index (χ2n) is 10.1. The molecule has 0 aliphatic carbocycles. The third-order valence-electron chi connectivity index (χ3n) is 7.83. The minimum absolute atomic E-state index is 0.0394. The van der Waals surface area contributed by atoms with Crippen LogP contribution in [0.15, 0.2) is 122 Å². The van der Waals surface area contributed by atoms with Gasteiger partial charge in [-0.1, -0.05) is 97.1 Å². The zero-order valence-electron chi connectivity index (χ0n) is 22.6. The number of carbonyl (C=O) groups excluding carboxylic acids is 1. The molecule has 0 bridgehead atoms. The molecule has 1 aliphatic rings. The maximum atomic E-state index is 13.4. The highest BCUT2D eigenvalue weighted by molar-refractivity contribution is 5.94. The molecule has 1 fully saturated rings. The molecule has 0 atom stereocenters. The number of urea groups is 1. The van der Waals surface area contributed by atoms with E-state index in [2.05, 4.69) is 77.4 Å². The van der Waals surface area contributed by atoms with Crippen LogP contribution in [0.3, 0.4) is 0 Å². The highest BCUT2D eigenvalue weighted by Gasteiger charge is 2.40. The molecule has 8 nitrogen and oxygen atoms in total. The molecule has 0 saturated carbocycles. The van der Waals surface area contributed by atoms with E-state index >= 15 is 0 Å². The topological polar surface area (TPSA) is 84.5 Å². The number of hydrogen-bond donors (Lipinski definition) is 0. The minimum atomic E-state index is -0.691. The van der Waals surface area contributed by atoms with Crippen LogP contribution in [-0.4, -0.2) is 38.5 Å². The molecule has 1 aliphatic heterocycles. The first-order chi connectivity index (χ1) is 20.0. The monoisotopic (exact) mass is 543 g/mol. The van der Waals surface area contributed by atoms with Crippen molar-refractivity contribution < 1.29 is 9.72 Å². The van der Waals surface area contributed by atoms with Gasteiger partial charge in [0, 0.05) is 30.9 Å². The summed E-state index contributed by atoms with van der Waals surface area (Å²) < 4.78 is 2.21. The van der Waals surface area contributed by atoms with E-state index in [0.717, 1.165) is 28.1 Å². The smallest absolute Gasteiger partial charge is 0.317 e. The van der Waals surface area contributed by atoms with Gasteiger partial charge in [0.2, 0.25) is 0 Å². The normalized spacial score (nSPS) is 13.5. The van der Waals surface area contributed by atoms with Gasteiger partial charge in [-0.3, -0.25) is 15.0 Å². The van der Waals surface area contributed by atoms with Gasteiger partial charge in [-0.2, -0.15) is 0 Å². The number of imidazole rings is 1. The number of non-ortho nitro benzene ring substituents is 1. The minimum Gasteiger partial charge on any atom is -0.317 e. The van der Waals surface area contributed by atoms with Crippen molar-refractivity contribution in [2.45, 2.75) is 19.0 Å². The first kappa shape index (κ1) is 26.0. The summed E-state index contributed by atoms with van der Waals surface area (Å²) in [6.07, 6.45) is 1.87. The number of anilines is 1. The first-order valence-electron chi connectivity index (χ1n) is 13.5. The summed E-state index contributed by atoms with van der Waals surface area (Å²) in [5.41, 5.74) is 4.82. The van der Waals surface area contributed by atoms with Crippen LogP contribution < -0.4 is 4.90 Å². The molecular formula is C33H29N5O3. The van der Waals surface area contributed by atoms with Crippen LogP contribution in [0.25, 0.3) is 0 Å². The van der Waals surface area contributed by atoms with Crippen LogP contribution in [0.2, 0.25) is 0 Å². The Morgan fingerprint density at radius 2 is 1.37 bits per heavy atom. The van der Waals surface area contributed by atoms with Crippen LogP contribution in [0.4, 0.5) is 16.2 Å². The Bertz CT molecular complexity index is 1590. The summed E-state index contributed by atoms with van der Waals surface area (Å²) in [7, 11) is 0. The van der Waals surface area contributed by atoms with Crippen molar-refractivity contribution in [3.05, 3.63) is 160 Å². The van der Waals surface area contributed by atoms with Crippen molar-refractivity contribution in [3.8, 4) is 0 Å². The standard InChI is InChI=1S/C33H29N5O3/c1-25-31(23-35-20-21-36(32(35)39)29-18-11-19-30(22-29)38(40)41)34-24-37(25)33(26-12-5-2-6-13-26,27-14-7-3-8-15-27)28-16-9-4-10-17-28/h2-19,22,24H,20-21,23H2,1H3. The van der Waals surface area contributed by atoms with Gasteiger partial charge in [0.25, 0.3) is 5.69 Å². The third-order valence-corrected chi connectivity index (χ3v) is 7.83. The van der Waals surface area contributed by atoms with E-state index in [1.165, 1.54) is 12.1 Å². The van der Waals surface area contributed by atoms with Gasteiger partial charge >= 0.3 is 6.03 Å². The summed E-state index contributed by atoms with van der Waals surface area (Å²) in [6, 6.07) is 37.2. The second-order valence-corrected chi connectivity index (χ2v) is 10.1. The number of carbonyl (C=O) groups is 1. The van der Waals surface area contributed by atoms with Crippen LogP contribution >= 0.6 is 0 Å². The maximum Gasteiger partial charge on any atom is 0.324 e. The molecule has 4 aromatic carbocycles. The number of aromatic nitrogens is 2. The molecule has 5 aromatic rings. The number of hydrogen-bond acceptors (Lipinski definition) is 4. The van der Waals surface area contributed by atoms with Crippen molar-refractivity contribution in [2.75, 3.05) is 18.0 Å². The number of benzene rings is 4.